The van der Waals surface area contributed by atoms with E-state index in [2.05, 4.69) is 15.9 Å². The van der Waals surface area contributed by atoms with Crippen LogP contribution in [0.15, 0.2) is 0 Å². The first-order chi connectivity index (χ1) is 7.29. The zero-order valence-electron chi connectivity index (χ0n) is 9.28. The van der Waals surface area contributed by atoms with E-state index in [1.165, 1.54) is 0 Å². The molecule has 90 valence electrons. The second kappa shape index (κ2) is 7.57. The van der Waals surface area contributed by atoms with Crippen LogP contribution in [0.4, 0.5) is 0 Å². The van der Waals surface area contributed by atoms with Crippen molar-refractivity contribution in [3.63, 3.8) is 0 Å². The third kappa shape index (κ3) is 4.36. The second-order valence-electron chi connectivity index (χ2n) is 3.48. The van der Waals surface area contributed by atoms with E-state index in [0.717, 1.165) is 6.42 Å². The average Bonchev–Trinajstić information content (AvgIpc) is 2.23. The molecule has 15 heavy (non-hydrogen) atoms. The lowest BCUT2D eigenvalue weighted by molar-refractivity contribution is -0.132. The molecule has 4 nitrogen and oxygen atoms in total. The third-order valence-electron chi connectivity index (χ3n) is 2.40. The summed E-state index contributed by atoms with van der Waals surface area (Å²) in [7, 11) is 3.34. The molecule has 1 fully saturated rings. The first kappa shape index (κ1) is 13.4. The lowest BCUT2D eigenvalue weighted by atomic mass is 9.91. The molecule has 0 spiro atoms. The first-order valence-electron chi connectivity index (χ1n) is 5.14. The minimum absolute atomic E-state index is 0.150. The summed E-state index contributed by atoms with van der Waals surface area (Å²) in [5.41, 5.74) is 0. The van der Waals surface area contributed by atoms with E-state index >= 15 is 0 Å². The van der Waals surface area contributed by atoms with Crippen LogP contribution in [0.3, 0.4) is 0 Å². The monoisotopic (exact) mass is 282 g/mol. The first-order valence-corrected chi connectivity index (χ1v) is 6.06. The molecule has 0 aromatic carbocycles. The van der Waals surface area contributed by atoms with Crippen molar-refractivity contribution in [1.82, 2.24) is 0 Å². The van der Waals surface area contributed by atoms with Crippen molar-refractivity contribution < 1.29 is 18.9 Å². The van der Waals surface area contributed by atoms with Gasteiger partial charge in [0, 0.05) is 19.0 Å². The Labute approximate surface area is 99.3 Å². The summed E-state index contributed by atoms with van der Waals surface area (Å²) in [6, 6.07) is 0. The van der Waals surface area contributed by atoms with Crippen LogP contribution in [-0.4, -0.2) is 57.7 Å². The molecule has 0 bridgehead atoms. The van der Waals surface area contributed by atoms with Gasteiger partial charge in [-0.25, -0.2) is 0 Å². The summed E-state index contributed by atoms with van der Waals surface area (Å²) in [5.74, 6) is 0. The van der Waals surface area contributed by atoms with Gasteiger partial charge in [0.2, 0.25) is 0 Å². The summed E-state index contributed by atoms with van der Waals surface area (Å²) >= 11 is 3.55. The van der Waals surface area contributed by atoms with Crippen molar-refractivity contribution >= 4 is 15.9 Å². The molecule has 0 N–H and O–H groups in total. The quantitative estimate of drug-likeness (QED) is 0.496. The molecule has 1 aliphatic rings. The summed E-state index contributed by atoms with van der Waals surface area (Å²) in [6.45, 7) is 2.51. The van der Waals surface area contributed by atoms with Gasteiger partial charge in [0.15, 0.2) is 0 Å². The number of halogens is 1. The van der Waals surface area contributed by atoms with E-state index < -0.39 is 0 Å². The fourth-order valence-electron chi connectivity index (χ4n) is 1.45. The Morgan fingerprint density at radius 3 is 2.13 bits per heavy atom. The zero-order valence-corrected chi connectivity index (χ0v) is 10.9. The molecule has 0 aromatic heterocycles. The lowest BCUT2D eigenvalue weighted by Crippen LogP contribution is -2.51. The van der Waals surface area contributed by atoms with Gasteiger partial charge in [0.05, 0.1) is 38.6 Å². The van der Waals surface area contributed by atoms with Crippen LogP contribution >= 0.6 is 15.9 Å². The molecule has 3 unspecified atom stereocenters. The van der Waals surface area contributed by atoms with Crippen molar-refractivity contribution in [2.45, 2.75) is 23.5 Å². The number of hydrogen-bond donors (Lipinski definition) is 0. The highest BCUT2D eigenvalue weighted by Crippen LogP contribution is 2.33. The van der Waals surface area contributed by atoms with Gasteiger partial charge in [0.1, 0.15) is 0 Å². The predicted octanol–water partition coefficient (Wildman–Crippen LogP) is 1.22. The van der Waals surface area contributed by atoms with E-state index in [9.17, 15) is 0 Å². The predicted molar refractivity (Wildman–Crippen MR) is 60.6 cm³/mol. The number of rotatable bonds is 8. The highest BCUT2D eigenvalue weighted by molar-refractivity contribution is 9.09. The van der Waals surface area contributed by atoms with Crippen molar-refractivity contribution in [1.29, 1.82) is 0 Å². The lowest BCUT2D eigenvalue weighted by Gasteiger charge is -2.40. The molecule has 1 saturated carbocycles. The van der Waals surface area contributed by atoms with Gasteiger partial charge in [-0.1, -0.05) is 15.9 Å². The fourth-order valence-corrected chi connectivity index (χ4v) is 2.31. The normalized spacial score (nSPS) is 30.2. The molecule has 0 heterocycles. The molecule has 0 radical (unpaired) electrons. The zero-order chi connectivity index (χ0) is 11.1. The Hall–Kier alpha value is 0.320. The van der Waals surface area contributed by atoms with Crippen molar-refractivity contribution in [2.24, 2.45) is 0 Å². The molecule has 1 rings (SSSR count). The second-order valence-corrected chi connectivity index (χ2v) is 4.66. The highest BCUT2D eigenvalue weighted by atomic mass is 79.9. The maximum Gasteiger partial charge on any atom is 0.0963 e. The maximum atomic E-state index is 5.64. The van der Waals surface area contributed by atoms with Gasteiger partial charge in [-0.05, 0) is 6.42 Å². The van der Waals surface area contributed by atoms with Crippen LogP contribution in [0.5, 0.6) is 0 Å². The van der Waals surface area contributed by atoms with E-state index in [4.69, 9.17) is 18.9 Å². The topological polar surface area (TPSA) is 36.9 Å². The van der Waals surface area contributed by atoms with Gasteiger partial charge >= 0.3 is 0 Å². The van der Waals surface area contributed by atoms with Crippen LogP contribution in [0.25, 0.3) is 0 Å². The van der Waals surface area contributed by atoms with Gasteiger partial charge in [0.25, 0.3) is 0 Å². The van der Waals surface area contributed by atoms with Gasteiger partial charge in [-0.3, -0.25) is 0 Å². The molecule has 5 heteroatoms. The molecule has 1 aliphatic carbocycles. The molecule has 0 amide bonds. The molecule has 0 aromatic rings. The van der Waals surface area contributed by atoms with Crippen molar-refractivity contribution in [3.05, 3.63) is 0 Å². The van der Waals surface area contributed by atoms with Gasteiger partial charge < -0.3 is 18.9 Å². The van der Waals surface area contributed by atoms with Gasteiger partial charge in [-0.2, -0.15) is 0 Å². The molecule has 3 atom stereocenters. The van der Waals surface area contributed by atoms with Gasteiger partial charge in [-0.15, -0.1) is 0 Å². The van der Waals surface area contributed by atoms with Crippen LogP contribution < -0.4 is 0 Å². The van der Waals surface area contributed by atoms with Crippen LogP contribution in [0.1, 0.15) is 6.42 Å². The highest BCUT2D eigenvalue weighted by Gasteiger charge is 2.41. The Kier molecular flexibility index (Phi) is 6.76. The largest absolute Gasteiger partial charge is 0.382 e. The Balaban J connectivity index is 2.10. The molecule has 0 saturated heterocycles. The number of ether oxygens (including phenoxy) is 4. The van der Waals surface area contributed by atoms with E-state index in [1.54, 1.807) is 14.2 Å². The molecular weight excluding hydrogens is 264 g/mol. The maximum absolute atomic E-state index is 5.64. The molecule has 0 aliphatic heterocycles. The minimum atomic E-state index is 0.150. The van der Waals surface area contributed by atoms with Crippen molar-refractivity contribution in [2.75, 3.05) is 40.6 Å². The van der Waals surface area contributed by atoms with Crippen LogP contribution in [0.2, 0.25) is 0 Å². The summed E-state index contributed by atoms with van der Waals surface area (Å²) < 4.78 is 21.1. The summed E-state index contributed by atoms with van der Waals surface area (Å²) in [6.07, 6.45) is 1.35. The summed E-state index contributed by atoms with van der Waals surface area (Å²) in [5, 5.41) is 0. The fraction of sp³-hybridized carbons (Fsp3) is 1.00. The Morgan fingerprint density at radius 2 is 1.60 bits per heavy atom. The van der Waals surface area contributed by atoms with Crippen LogP contribution in [0, 0.1) is 0 Å². The Morgan fingerprint density at radius 1 is 1.00 bits per heavy atom. The smallest absolute Gasteiger partial charge is 0.0963 e. The number of hydrogen-bond acceptors (Lipinski definition) is 4. The SMILES string of the molecule is COCCOC1CC(Br)C1OCCOC. The number of alkyl halides is 1. The average molecular weight is 283 g/mol. The number of methoxy groups -OCH3 is 2. The minimum Gasteiger partial charge on any atom is -0.382 e. The standard InChI is InChI=1S/C10H19BrO4/c1-12-3-5-14-9-7-8(11)10(9)15-6-4-13-2/h8-10H,3-7H2,1-2H3. The van der Waals surface area contributed by atoms with E-state index in [0.29, 0.717) is 31.3 Å². The van der Waals surface area contributed by atoms with Crippen molar-refractivity contribution in [3.8, 4) is 0 Å². The Bertz CT molecular complexity index is 168. The van der Waals surface area contributed by atoms with E-state index in [1.807, 2.05) is 0 Å². The summed E-state index contributed by atoms with van der Waals surface area (Å²) in [4.78, 5) is 0.405. The van der Waals surface area contributed by atoms with E-state index in [-0.39, 0.29) is 12.2 Å². The third-order valence-corrected chi connectivity index (χ3v) is 3.29. The molecular formula is C10H19BrO4. The van der Waals surface area contributed by atoms with Crippen LogP contribution in [-0.2, 0) is 18.9 Å².